The van der Waals surface area contributed by atoms with Crippen molar-refractivity contribution in [3.63, 3.8) is 0 Å². The van der Waals surface area contributed by atoms with Crippen molar-refractivity contribution in [2.45, 2.75) is 13.3 Å². The quantitative estimate of drug-likeness (QED) is 0.866. The van der Waals surface area contributed by atoms with E-state index < -0.39 is 0 Å². The third-order valence-corrected chi connectivity index (χ3v) is 2.55. The van der Waals surface area contributed by atoms with Gasteiger partial charge in [-0.25, -0.2) is 4.79 Å². The summed E-state index contributed by atoms with van der Waals surface area (Å²) in [6.45, 7) is 2.59. The van der Waals surface area contributed by atoms with Crippen LogP contribution in [0.5, 0.6) is 11.5 Å². The first kappa shape index (κ1) is 14.4. The fourth-order valence-corrected chi connectivity index (χ4v) is 1.59. The van der Waals surface area contributed by atoms with Gasteiger partial charge in [-0.2, -0.15) is 0 Å². The van der Waals surface area contributed by atoms with Crippen LogP contribution in [0.25, 0.3) is 0 Å². The maximum atomic E-state index is 11.6. The summed E-state index contributed by atoms with van der Waals surface area (Å²) >= 11 is 5.97. The number of anilines is 1. The number of hydrogen-bond donors (Lipinski definition) is 2. The van der Waals surface area contributed by atoms with E-state index in [4.69, 9.17) is 21.1 Å². The van der Waals surface area contributed by atoms with Gasteiger partial charge < -0.3 is 20.1 Å². The van der Waals surface area contributed by atoms with Gasteiger partial charge in [0, 0.05) is 18.7 Å². The molecule has 0 bridgehead atoms. The minimum atomic E-state index is -0.292. The average Bonchev–Trinajstić information content (AvgIpc) is 2.37. The van der Waals surface area contributed by atoms with Gasteiger partial charge in [0.1, 0.15) is 11.5 Å². The standard InChI is InChI=1S/C12H17ClN2O3/c1-4-5-14-12(16)15-9-7-10(17-2)8(13)6-11(9)18-3/h6-7H,4-5H2,1-3H3,(H2,14,15,16). The number of rotatable bonds is 5. The van der Waals surface area contributed by atoms with Gasteiger partial charge in [0.15, 0.2) is 0 Å². The number of benzene rings is 1. The summed E-state index contributed by atoms with van der Waals surface area (Å²) in [5.74, 6) is 0.954. The molecule has 0 unspecified atom stereocenters. The molecule has 0 fully saturated rings. The molecule has 1 aromatic carbocycles. The summed E-state index contributed by atoms with van der Waals surface area (Å²) in [5, 5.41) is 5.81. The van der Waals surface area contributed by atoms with E-state index in [0.29, 0.717) is 28.8 Å². The van der Waals surface area contributed by atoms with Crippen molar-refractivity contribution in [1.29, 1.82) is 0 Å². The van der Waals surface area contributed by atoms with Gasteiger partial charge in [-0.15, -0.1) is 0 Å². The topological polar surface area (TPSA) is 59.6 Å². The number of methoxy groups -OCH3 is 2. The molecule has 0 saturated carbocycles. The molecule has 0 atom stereocenters. The van der Waals surface area contributed by atoms with E-state index in [9.17, 15) is 4.79 Å². The van der Waals surface area contributed by atoms with Crippen molar-refractivity contribution in [2.75, 3.05) is 26.1 Å². The van der Waals surface area contributed by atoms with Crippen LogP contribution in [-0.2, 0) is 0 Å². The van der Waals surface area contributed by atoms with Crippen LogP contribution in [0.3, 0.4) is 0 Å². The van der Waals surface area contributed by atoms with Crippen LogP contribution in [0.1, 0.15) is 13.3 Å². The number of ether oxygens (including phenoxy) is 2. The van der Waals surface area contributed by atoms with Gasteiger partial charge >= 0.3 is 6.03 Å². The van der Waals surface area contributed by atoms with Crippen LogP contribution < -0.4 is 20.1 Å². The van der Waals surface area contributed by atoms with Crippen molar-refractivity contribution in [3.05, 3.63) is 17.2 Å². The zero-order valence-electron chi connectivity index (χ0n) is 10.7. The van der Waals surface area contributed by atoms with Crippen molar-refractivity contribution < 1.29 is 14.3 Å². The first-order valence-electron chi connectivity index (χ1n) is 5.58. The summed E-state index contributed by atoms with van der Waals surface area (Å²) in [5.41, 5.74) is 0.507. The van der Waals surface area contributed by atoms with Gasteiger partial charge in [0.25, 0.3) is 0 Å². The molecule has 0 aliphatic carbocycles. The molecule has 18 heavy (non-hydrogen) atoms. The fourth-order valence-electron chi connectivity index (χ4n) is 1.36. The fraction of sp³-hybridized carbons (Fsp3) is 0.417. The Labute approximate surface area is 111 Å². The number of nitrogens with one attached hydrogen (secondary N) is 2. The summed E-state index contributed by atoms with van der Waals surface area (Å²) in [4.78, 5) is 11.6. The zero-order valence-corrected chi connectivity index (χ0v) is 11.4. The largest absolute Gasteiger partial charge is 0.495 e. The Balaban J connectivity index is 2.89. The Bertz CT molecular complexity index is 424. The van der Waals surface area contributed by atoms with E-state index in [1.54, 1.807) is 12.1 Å². The molecule has 0 radical (unpaired) electrons. The maximum absolute atomic E-state index is 11.6. The van der Waals surface area contributed by atoms with E-state index >= 15 is 0 Å². The Morgan fingerprint density at radius 1 is 1.28 bits per heavy atom. The van der Waals surface area contributed by atoms with Crippen molar-refractivity contribution in [3.8, 4) is 11.5 Å². The molecule has 1 rings (SSSR count). The first-order chi connectivity index (χ1) is 8.62. The third kappa shape index (κ3) is 3.70. The molecule has 5 nitrogen and oxygen atoms in total. The number of carbonyl (C=O) groups is 1. The molecule has 0 aliphatic heterocycles. The van der Waals surface area contributed by atoms with Crippen molar-refractivity contribution >= 4 is 23.3 Å². The molecule has 0 aromatic heterocycles. The van der Waals surface area contributed by atoms with Crippen LogP contribution in [0, 0.1) is 0 Å². The molecular weight excluding hydrogens is 256 g/mol. The minimum absolute atomic E-state index is 0.292. The van der Waals surface area contributed by atoms with E-state index in [2.05, 4.69) is 10.6 Å². The Morgan fingerprint density at radius 2 is 1.94 bits per heavy atom. The van der Waals surface area contributed by atoms with E-state index in [0.717, 1.165) is 6.42 Å². The molecule has 0 spiro atoms. The molecule has 2 N–H and O–H groups in total. The predicted molar refractivity (Wildman–Crippen MR) is 71.9 cm³/mol. The van der Waals surface area contributed by atoms with Gasteiger partial charge in [0.05, 0.1) is 24.9 Å². The van der Waals surface area contributed by atoms with Crippen LogP contribution in [0.4, 0.5) is 10.5 Å². The summed E-state index contributed by atoms with van der Waals surface area (Å²) in [6, 6.07) is 2.92. The number of amides is 2. The average molecular weight is 273 g/mol. The molecule has 1 aromatic rings. The van der Waals surface area contributed by atoms with Crippen LogP contribution in [-0.4, -0.2) is 26.8 Å². The van der Waals surface area contributed by atoms with Crippen molar-refractivity contribution in [1.82, 2.24) is 5.32 Å². The monoisotopic (exact) mass is 272 g/mol. The molecule has 6 heteroatoms. The number of carbonyl (C=O) groups excluding carboxylic acids is 1. The lowest BCUT2D eigenvalue weighted by Crippen LogP contribution is -2.29. The lowest BCUT2D eigenvalue weighted by Gasteiger charge is -2.13. The van der Waals surface area contributed by atoms with Gasteiger partial charge in [-0.1, -0.05) is 18.5 Å². The SMILES string of the molecule is CCCNC(=O)Nc1cc(OC)c(Cl)cc1OC. The molecule has 0 aliphatic rings. The van der Waals surface area contributed by atoms with E-state index in [1.807, 2.05) is 6.92 Å². The van der Waals surface area contributed by atoms with Gasteiger partial charge in [0.2, 0.25) is 0 Å². The minimum Gasteiger partial charge on any atom is -0.495 e. The Hall–Kier alpha value is -1.62. The first-order valence-corrected chi connectivity index (χ1v) is 5.96. The lowest BCUT2D eigenvalue weighted by molar-refractivity contribution is 0.252. The summed E-state index contributed by atoms with van der Waals surface area (Å²) in [6.07, 6.45) is 0.870. The summed E-state index contributed by atoms with van der Waals surface area (Å²) < 4.78 is 10.2. The van der Waals surface area contributed by atoms with Crippen LogP contribution >= 0.6 is 11.6 Å². The van der Waals surface area contributed by atoms with E-state index in [-0.39, 0.29) is 6.03 Å². The smallest absolute Gasteiger partial charge is 0.319 e. The number of hydrogen-bond acceptors (Lipinski definition) is 3. The van der Waals surface area contributed by atoms with E-state index in [1.165, 1.54) is 14.2 Å². The predicted octanol–water partition coefficient (Wildman–Crippen LogP) is 2.89. The zero-order chi connectivity index (χ0) is 13.5. The lowest BCUT2D eigenvalue weighted by atomic mass is 10.2. The second kappa shape index (κ2) is 6.96. The van der Waals surface area contributed by atoms with Crippen molar-refractivity contribution in [2.24, 2.45) is 0 Å². The number of halogens is 1. The second-order valence-corrected chi connectivity index (χ2v) is 3.98. The molecule has 0 saturated heterocycles. The normalized spacial score (nSPS) is 9.78. The highest BCUT2D eigenvalue weighted by Crippen LogP contribution is 2.35. The molecule has 100 valence electrons. The Morgan fingerprint density at radius 3 is 2.50 bits per heavy atom. The van der Waals surface area contributed by atoms with Gasteiger partial charge in [-0.05, 0) is 6.42 Å². The highest BCUT2D eigenvalue weighted by molar-refractivity contribution is 6.32. The molecule has 0 heterocycles. The van der Waals surface area contributed by atoms with Gasteiger partial charge in [-0.3, -0.25) is 0 Å². The van der Waals surface area contributed by atoms with Crippen LogP contribution in [0.15, 0.2) is 12.1 Å². The number of urea groups is 1. The third-order valence-electron chi connectivity index (χ3n) is 2.26. The van der Waals surface area contributed by atoms with Crippen LogP contribution in [0.2, 0.25) is 5.02 Å². The highest BCUT2D eigenvalue weighted by Gasteiger charge is 2.11. The summed E-state index contributed by atoms with van der Waals surface area (Å²) in [7, 11) is 3.02. The molecule has 2 amide bonds. The second-order valence-electron chi connectivity index (χ2n) is 3.57. The Kier molecular flexibility index (Phi) is 5.58. The molecular formula is C12H17ClN2O3. The maximum Gasteiger partial charge on any atom is 0.319 e. The highest BCUT2D eigenvalue weighted by atomic mass is 35.5.